The first kappa shape index (κ1) is 49.5. The standard InChI is InChI=1S/C47H57N7O10/c48-45(49)35-9-7-33(8-10-35)32-41(55)34-11-17-38(18-12-34)62-28-24-53-42(56)4-1-2-26-60-30-31-61-27-23-52-43(57)5-3-6-44(58)54-25-29-63-39-19-15-37(16-20-39)47(59)64-40-21-13-36(14-22-40)46(50)51/h7-22H,1-6,23-32H2,(H3,48,49)(H3,50,51)(H,52,57)(H,53,56)(H,54,58). The molecule has 0 aliphatic carbocycles. The van der Waals surface area contributed by atoms with Crippen molar-refractivity contribution in [2.24, 2.45) is 11.5 Å². The van der Waals surface area contributed by atoms with Crippen molar-refractivity contribution in [3.8, 4) is 17.2 Å². The first-order chi connectivity index (χ1) is 31.0. The molecular weight excluding hydrogens is 823 g/mol. The number of hydrogen-bond acceptors (Lipinski definition) is 12. The van der Waals surface area contributed by atoms with Crippen molar-refractivity contribution in [3.05, 3.63) is 125 Å². The largest absolute Gasteiger partial charge is 0.492 e. The van der Waals surface area contributed by atoms with Crippen molar-refractivity contribution < 1.29 is 47.7 Å². The molecule has 0 aromatic heterocycles. The Morgan fingerprint density at radius 1 is 0.453 bits per heavy atom. The molecule has 9 N–H and O–H groups in total. The minimum absolute atomic E-state index is 0.0184. The molecule has 340 valence electrons. The van der Waals surface area contributed by atoms with E-state index >= 15 is 0 Å². The number of ketones is 1. The number of rotatable bonds is 30. The normalized spacial score (nSPS) is 10.6. The second kappa shape index (κ2) is 27.8. The van der Waals surface area contributed by atoms with Gasteiger partial charge in [-0.25, -0.2) is 4.79 Å². The molecule has 17 nitrogen and oxygen atoms in total. The molecule has 0 unspecified atom stereocenters. The summed E-state index contributed by atoms with van der Waals surface area (Å²) < 4.78 is 27.7. The molecule has 0 heterocycles. The third-order valence-corrected chi connectivity index (χ3v) is 9.35. The minimum atomic E-state index is -0.547. The minimum Gasteiger partial charge on any atom is -0.492 e. The van der Waals surface area contributed by atoms with Gasteiger partial charge in [0.15, 0.2) is 5.78 Å². The lowest BCUT2D eigenvalue weighted by Gasteiger charge is -2.09. The number of Topliss-reactive ketones (excluding diaryl/α,β-unsaturated/α-hetero) is 1. The molecule has 0 saturated heterocycles. The summed E-state index contributed by atoms with van der Waals surface area (Å²) in [7, 11) is 0. The van der Waals surface area contributed by atoms with Gasteiger partial charge < -0.3 is 51.1 Å². The molecule has 0 aliphatic rings. The first-order valence-corrected chi connectivity index (χ1v) is 21.0. The van der Waals surface area contributed by atoms with Gasteiger partial charge in [0.05, 0.1) is 38.5 Å². The Labute approximate surface area is 372 Å². The van der Waals surface area contributed by atoms with Gasteiger partial charge >= 0.3 is 5.97 Å². The van der Waals surface area contributed by atoms with Crippen LogP contribution in [0.2, 0.25) is 0 Å². The predicted molar refractivity (Wildman–Crippen MR) is 240 cm³/mol. The summed E-state index contributed by atoms with van der Waals surface area (Å²) in [4.78, 5) is 61.5. The van der Waals surface area contributed by atoms with E-state index in [9.17, 15) is 24.0 Å². The summed E-state index contributed by atoms with van der Waals surface area (Å²) in [6, 6.07) is 26.6. The molecule has 0 fully saturated rings. The van der Waals surface area contributed by atoms with Crippen LogP contribution in [0.1, 0.15) is 75.9 Å². The number of nitrogens with one attached hydrogen (secondary N) is 5. The Hall–Kier alpha value is -7.11. The zero-order chi connectivity index (χ0) is 45.9. The number of carbonyl (C=O) groups is 5. The van der Waals surface area contributed by atoms with Crippen molar-refractivity contribution in [2.45, 2.75) is 44.9 Å². The topological polar surface area (TPSA) is 267 Å². The first-order valence-electron chi connectivity index (χ1n) is 21.0. The van der Waals surface area contributed by atoms with Gasteiger partial charge in [0.1, 0.15) is 42.1 Å². The van der Waals surface area contributed by atoms with Crippen LogP contribution in [-0.2, 0) is 30.3 Å². The van der Waals surface area contributed by atoms with E-state index in [1.54, 1.807) is 97.1 Å². The number of esters is 1. The monoisotopic (exact) mass is 879 g/mol. The van der Waals surface area contributed by atoms with Gasteiger partial charge in [0, 0.05) is 55.5 Å². The number of benzene rings is 4. The van der Waals surface area contributed by atoms with Crippen molar-refractivity contribution in [2.75, 3.05) is 59.3 Å². The zero-order valence-corrected chi connectivity index (χ0v) is 35.8. The number of unbranched alkanes of at least 4 members (excludes halogenated alkanes) is 1. The SMILES string of the molecule is N=C(N)c1ccc(CC(=O)c2ccc(OCCNC(=O)CCCCOCCOCCNC(=O)CCCC(=O)NCCOc3ccc(C(=O)Oc4ccc(C(=N)N)cc4)cc3)cc2)cc1. The number of ether oxygens (including phenoxy) is 5. The van der Waals surface area contributed by atoms with Crippen molar-refractivity contribution in [3.63, 3.8) is 0 Å². The van der Waals surface area contributed by atoms with Gasteiger partial charge in [-0.3, -0.25) is 30.0 Å². The summed E-state index contributed by atoms with van der Waals surface area (Å²) in [6.07, 6.45) is 2.80. The van der Waals surface area contributed by atoms with E-state index in [-0.39, 0.29) is 67.6 Å². The van der Waals surface area contributed by atoms with E-state index in [1.165, 1.54) is 0 Å². The fourth-order valence-electron chi connectivity index (χ4n) is 5.85. The smallest absolute Gasteiger partial charge is 0.343 e. The number of nitrogen functional groups attached to an aromatic ring is 2. The maximum atomic E-state index is 12.6. The maximum Gasteiger partial charge on any atom is 0.343 e. The van der Waals surface area contributed by atoms with E-state index in [0.717, 1.165) is 12.0 Å². The van der Waals surface area contributed by atoms with Crippen LogP contribution in [0.25, 0.3) is 0 Å². The third kappa shape index (κ3) is 19.3. The molecule has 0 bridgehead atoms. The van der Waals surface area contributed by atoms with E-state index in [0.29, 0.717) is 105 Å². The maximum absolute atomic E-state index is 12.6. The lowest BCUT2D eigenvalue weighted by Crippen LogP contribution is -2.29. The number of nitrogens with two attached hydrogens (primary N) is 2. The summed E-state index contributed by atoms with van der Waals surface area (Å²) in [5.74, 6) is 0.331. The Bertz CT molecular complexity index is 2130. The molecule has 0 atom stereocenters. The second-order valence-corrected chi connectivity index (χ2v) is 14.4. The fraction of sp³-hybridized carbons (Fsp3) is 0.340. The molecule has 3 amide bonds. The molecule has 0 saturated carbocycles. The summed E-state index contributed by atoms with van der Waals surface area (Å²) in [6.45, 7) is 3.07. The molecular formula is C47H57N7O10. The van der Waals surface area contributed by atoms with Gasteiger partial charge in [0.25, 0.3) is 0 Å². The van der Waals surface area contributed by atoms with Crippen LogP contribution < -0.4 is 41.6 Å². The molecule has 4 rings (SSSR count). The van der Waals surface area contributed by atoms with Crippen LogP contribution in [0.3, 0.4) is 0 Å². The molecule has 0 radical (unpaired) electrons. The molecule has 4 aromatic rings. The zero-order valence-electron chi connectivity index (χ0n) is 35.8. The molecule has 4 aromatic carbocycles. The second-order valence-electron chi connectivity index (χ2n) is 14.4. The van der Waals surface area contributed by atoms with Gasteiger partial charge in [-0.05, 0) is 97.6 Å². The van der Waals surface area contributed by atoms with E-state index < -0.39 is 5.97 Å². The Balaban J connectivity index is 0.894. The summed E-state index contributed by atoms with van der Waals surface area (Å²) in [5.41, 5.74) is 13.8. The van der Waals surface area contributed by atoms with Crippen LogP contribution in [0.4, 0.5) is 0 Å². The third-order valence-electron chi connectivity index (χ3n) is 9.35. The number of carbonyl (C=O) groups excluding carboxylic acids is 5. The van der Waals surface area contributed by atoms with Crippen LogP contribution in [0.15, 0.2) is 97.1 Å². The van der Waals surface area contributed by atoms with E-state index in [1.807, 2.05) is 0 Å². The molecule has 0 spiro atoms. The number of amides is 3. The van der Waals surface area contributed by atoms with E-state index in [4.69, 9.17) is 46.0 Å². The highest BCUT2D eigenvalue weighted by molar-refractivity contribution is 5.98. The molecule has 17 heteroatoms. The quantitative estimate of drug-likeness (QED) is 0.00976. The average Bonchev–Trinajstić information content (AvgIpc) is 3.29. The van der Waals surface area contributed by atoms with Gasteiger partial charge in [-0.1, -0.05) is 24.3 Å². The summed E-state index contributed by atoms with van der Waals surface area (Å²) >= 11 is 0. The number of hydrogen-bond donors (Lipinski definition) is 7. The molecule has 64 heavy (non-hydrogen) atoms. The van der Waals surface area contributed by atoms with Crippen LogP contribution in [-0.4, -0.2) is 100 Å². The van der Waals surface area contributed by atoms with Gasteiger partial charge in [0.2, 0.25) is 17.7 Å². The fourth-order valence-corrected chi connectivity index (χ4v) is 5.85. The van der Waals surface area contributed by atoms with Crippen LogP contribution in [0.5, 0.6) is 17.2 Å². The Morgan fingerprint density at radius 3 is 1.39 bits per heavy atom. The highest BCUT2D eigenvalue weighted by Crippen LogP contribution is 2.18. The Kier molecular flexibility index (Phi) is 21.5. The predicted octanol–water partition coefficient (Wildman–Crippen LogP) is 4.08. The Morgan fingerprint density at radius 2 is 0.875 bits per heavy atom. The lowest BCUT2D eigenvalue weighted by molar-refractivity contribution is -0.123. The number of amidine groups is 2. The van der Waals surface area contributed by atoms with E-state index in [2.05, 4.69) is 16.0 Å². The van der Waals surface area contributed by atoms with Crippen molar-refractivity contribution >= 4 is 41.1 Å². The van der Waals surface area contributed by atoms with Gasteiger partial charge in [-0.2, -0.15) is 0 Å². The van der Waals surface area contributed by atoms with Crippen LogP contribution >= 0.6 is 0 Å². The van der Waals surface area contributed by atoms with Crippen molar-refractivity contribution in [1.29, 1.82) is 10.8 Å². The highest BCUT2D eigenvalue weighted by atomic mass is 16.5. The highest BCUT2D eigenvalue weighted by Gasteiger charge is 2.11. The van der Waals surface area contributed by atoms with Crippen molar-refractivity contribution in [1.82, 2.24) is 16.0 Å². The lowest BCUT2D eigenvalue weighted by atomic mass is 10.0. The average molecular weight is 880 g/mol. The van der Waals surface area contributed by atoms with Crippen LogP contribution in [0, 0.1) is 10.8 Å². The molecule has 0 aliphatic heterocycles. The summed E-state index contributed by atoms with van der Waals surface area (Å²) in [5, 5.41) is 23.3. The van der Waals surface area contributed by atoms with Gasteiger partial charge in [-0.15, -0.1) is 0 Å².